The van der Waals surface area contributed by atoms with E-state index in [-0.39, 0.29) is 18.0 Å². The lowest BCUT2D eigenvalue weighted by molar-refractivity contribution is -0.210. The third-order valence-corrected chi connectivity index (χ3v) is 1.99. The molecule has 0 unspecified atom stereocenters. The summed E-state index contributed by atoms with van der Waals surface area (Å²) in [5.41, 5.74) is 4.96. The molecule has 0 fully saturated rings. The smallest absolute Gasteiger partial charge is 0.416 e. The van der Waals surface area contributed by atoms with Gasteiger partial charge in [-0.05, 0) is 17.7 Å². The number of halogens is 4. The molecular formula is C9H11ClF3NO3. The van der Waals surface area contributed by atoms with E-state index in [1.165, 1.54) is 0 Å². The van der Waals surface area contributed by atoms with Gasteiger partial charge in [0.2, 0.25) is 0 Å². The molecule has 2 atom stereocenters. The van der Waals surface area contributed by atoms with Crippen LogP contribution in [0.15, 0.2) is 18.2 Å². The first-order valence-electron chi connectivity index (χ1n) is 4.25. The molecule has 5 N–H and O–H groups in total. The van der Waals surface area contributed by atoms with Gasteiger partial charge in [-0.3, -0.25) is 0 Å². The number of phenolic OH excluding ortho intramolecular Hbond substituents is 2. The Hall–Kier alpha value is -1.18. The van der Waals surface area contributed by atoms with Crippen molar-refractivity contribution in [2.75, 3.05) is 0 Å². The lowest BCUT2D eigenvalue weighted by atomic mass is 10.0. The zero-order chi connectivity index (χ0) is 12.5. The first kappa shape index (κ1) is 15.8. The van der Waals surface area contributed by atoms with E-state index in [0.29, 0.717) is 0 Å². The summed E-state index contributed by atoms with van der Waals surface area (Å²) in [6.07, 6.45) is -7.62. The third kappa shape index (κ3) is 3.95. The van der Waals surface area contributed by atoms with E-state index >= 15 is 0 Å². The van der Waals surface area contributed by atoms with E-state index in [1.54, 1.807) is 0 Å². The Bertz CT molecular complexity index is 366. The molecule has 0 bridgehead atoms. The lowest BCUT2D eigenvalue weighted by Gasteiger charge is -2.21. The molecule has 0 spiro atoms. The largest absolute Gasteiger partial charge is 0.508 e. The van der Waals surface area contributed by atoms with Gasteiger partial charge in [-0.2, -0.15) is 13.2 Å². The molecule has 4 nitrogen and oxygen atoms in total. The molecule has 0 heterocycles. The van der Waals surface area contributed by atoms with E-state index < -0.39 is 29.8 Å². The lowest BCUT2D eigenvalue weighted by Crippen LogP contribution is -2.38. The molecule has 0 amide bonds. The van der Waals surface area contributed by atoms with Crippen LogP contribution in [0.5, 0.6) is 11.5 Å². The number of aromatic hydroxyl groups is 2. The van der Waals surface area contributed by atoms with Crippen LogP contribution in [0.1, 0.15) is 11.6 Å². The van der Waals surface area contributed by atoms with Crippen molar-refractivity contribution >= 4 is 12.4 Å². The highest BCUT2D eigenvalue weighted by Gasteiger charge is 2.42. The fourth-order valence-corrected chi connectivity index (χ4v) is 1.20. The van der Waals surface area contributed by atoms with Gasteiger partial charge in [0.1, 0.15) is 11.5 Å². The molecule has 0 aliphatic carbocycles. The average molecular weight is 274 g/mol. The number of hydrogen-bond donors (Lipinski definition) is 4. The highest BCUT2D eigenvalue weighted by atomic mass is 35.5. The number of phenols is 2. The number of aliphatic hydroxyl groups excluding tert-OH is 1. The number of aliphatic hydroxyl groups is 1. The third-order valence-electron chi connectivity index (χ3n) is 1.99. The SMILES string of the molecule is Cl.N[C@H](c1cc(O)cc(O)c1)[C@@H](O)C(F)(F)F. The second kappa shape index (κ2) is 5.44. The van der Waals surface area contributed by atoms with Crippen LogP contribution in [-0.4, -0.2) is 27.6 Å². The van der Waals surface area contributed by atoms with E-state index in [9.17, 15) is 13.2 Å². The fraction of sp³-hybridized carbons (Fsp3) is 0.333. The van der Waals surface area contributed by atoms with Crippen LogP contribution in [0.25, 0.3) is 0 Å². The van der Waals surface area contributed by atoms with Crippen LogP contribution >= 0.6 is 12.4 Å². The Morgan fingerprint density at radius 1 is 1.06 bits per heavy atom. The van der Waals surface area contributed by atoms with E-state index in [0.717, 1.165) is 18.2 Å². The zero-order valence-corrected chi connectivity index (χ0v) is 9.16. The maximum atomic E-state index is 12.1. The molecule has 0 aromatic heterocycles. The predicted octanol–water partition coefficient (Wildman–Crippen LogP) is 1.44. The Balaban J connectivity index is 0.00000256. The highest BCUT2D eigenvalue weighted by molar-refractivity contribution is 5.85. The number of rotatable bonds is 2. The van der Waals surface area contributed by atoms with Gasteiger partial charge in [0, 0.05) is 6.07 Å². The van der Waals surface area contributed by atoms with Gasteiger partial charge in [-0.15, -0.1) is 12.4 Å². The Labute approximate surface area is 101 Å². The molecule has 0 saturated heterocycles. The van der Waals surface area contributed by atoms with Crippen molar-refractivity contribution in [3.8, 4) is 11.5 Å². The fourth-order valence-electron chi connectivity index (χ4n) is 1.20. The van der Waals surface area contributed by atoms with Gasteiger partial charge in [0.15, 0.2) is 6.10 Å². The van der Waals surface area contributed by atoms with Crippen molar-refractivity contribution in [3.05, 3.63) is 23.8 Å². The van der Waals surface area contributed by atoms with E-state index in [1.807, 2.05) is 0 Å². The molecule has 1 aromatic carbocycles. The molecule has 1 aromatic rings. The van der Waals surface area contributed by atoms with Gasteiger partial charge >= 0.3 is 6.18 Å². The molecule has 1 rings (SSSR count). The van der Waals surface area contributed by atoms with Crippen LogP contribution < -0.4 is 5.73 Å². The highest BCUT2D eigenvalue weighted by Crippen LogP contribution is 2.31. The number of benzene rings is 1. The van der Waals surface area contributed by atoms with Crippen LogP contribution in [-0.2, 0) is 0 Å². The molecule has 17 heavy (non-hydrogen) atoms. The zero-order valence-electron chi connectivity index (χ0n) is 8.35. The Kier molecular flexibility index (Phi) is 5.06. The summed E-state index contributed by atoms with van der Waals surface area (Å²) in [5.74, 6) is -0.861. The minimum atomic E-state index is -4.86. The van der Waals surface area contributed by atoms with Crippen molar-refractivity contribution in [1.29, 1.82) is 0 Å². The predicted molar refractivity (Wildman–Crippen MR) is 56.0 cm³/mol. The van der Waals surface area contributed by atoms with E-state index in [4.69, 9.17) is 21.1 Å². The number of nitrogens with two attached hydrogens (primary N) is 1. The summed E-state index contributed by atoms with van der Waals surface area (Å²) in [7, 11) is 0. The monoisotopic (exact) mass is 273 g/mol. The van der Waals surface area contributed by atoms with E-state index in [2.05, 4.69) is 0 Å². The van der Waals surface area contributed by atoms with Crippen LogP contribution in [0.2, 0.25) is 0 Å². The summed E-state index contributed by atoms with van der Waals surface area (Å²) >= 11 is 0. The molecule has 0 saturated carbocycles. The topological polar surface area (TPSA) is 86.7 Å². The van der Waals surface area contributed by atoms with Gasteiger partial charge in [-0.1, -0.05) is 0 Å². The second-order valence-corrected chi connectivity index (χ2v) is 3.29. The average Bonchev–Trinajstić information content (AvgIpc) is 2.12. The number of alkyl halides is 3. The molecule has 0 aliphatic rings. The Morgan fingerprint density at radius 3 is 1.82 bits per heavy atom. The summed E-state index contributed by atoms with van der Waals surface area (Å²) in [6, 6.07) is 1.06. The van der Waals surface area contributed by atoms with Crippen LogP contribution in [0.3, 0.4) is 0 Å². The van der Waals surface area contributed by atoms with Gasteiger partial charge in [0.25, 0.3) is 0 Å². The molecule has 98 valence electrons. The summed E-state index contributed by atoms with van der Waals surface area (Å²) in [5, 5.41) is 27.0. The van der Waals surface area contributed by atoms with Crippen molar-refractivity contribution in [1.82, 2.24) is 0 Å². The minimum absolute atomic E-state index is 0. The van der Waals surface area contributed by atoms with Crippen molar-refractivity contribution in [3.63, 3.8) is 0 Å². The van der Waals surface area contributed by atoms with Crippen molar-refractivity contribution in [2.45, 2.75) is 18.3 Å². The molecule has 8 heteroatoms. The minimum Gasteiger partial charge on any atom is -0.508 e. The first-order chi connectivity index (χ1) is 7.21. The standard InChI is InChI=1S/C9H10F3NO3.ClH/c10-9(11,12)8(16)7(13)4-1-5(14)3-6(15)2-4;/h1-3,7-8,14-16H,13H2;1H/t7-,8-;/m1./s1. The van der Waals surface area contributed by atoms with Crippen molar-refractivity contribution < 1.29 is 28.5 Å². The molecular weight excluding hydrogens is 263 g/mol. The second-order valence-electron chi connectivity index (χ2n) is 3.29. The quantitative estimate of drug-likeness (QED) is 0.657. The van der Waals surface area contributed by atoms with Gasteiger partial charge < -0.3 is 21.1 Å². The summed E-state index contributed by atoms with van der Waals surface area (Å²) < 4.78 is 36.4. The van der Waals surface area contributed by atoms with Gasteiger partial charge in [0.05, 0.1) is 6.04 Å². The molecule has 0 aliphatic heterocycles. The normalized spacial score (nSPS) is 14.9. The van der Waals surface area contributed by atoms with Gasteiger partial charge in [-0.25, -0.2) is 0 Å². The number of hydrogen-bond acceptors (Lipinski definition) is 4. The maximum Gasteiger partial charge on any atom is 0.416 e. The first-order valence-corrected chi connectivity index (χ1v) is 4.25. The molecule has 0 radical (unpaired) electrons. The Morgan fingerprint density at radius 2 is 1.47 bits per heavy atom. The van der Waals surface area contributed by atoms with Crippen molar-refractivity contribution in [2.24, 2.45) is 5.73 Å². The van der Waals surface area contributed by atoms with Crippen LogP contribution in [0, 0.1) is 0 Å². The maximum absolute atomic E-state index is 12.1. The summed E-state index contributed by atoms with van der Waals surface area (Å²) in [6.45, 7) is 0. The summed E-state index contributed by atoms with van der Waals surface area (Å²) in [4.78, 5) is 0. The van der Waals surface area contributed by atoms with Crippen LogP contribution in [0.4, 0.5) is 13.2 Å².